The van der Waals surface area contributed by atoms with E-state index >= 15 is 0 Å². The molecule has 2 aliphatic rings. The summed E-state index contributed by atoms with van der Waals surface area (Å²) in [7, 11) is 0. The molecule has 0 radical (unpaired) electrons. The molecule has 2 heterocycles. The molecule has 27 heavy (non-hydrogen) atoms. The molecule has 1 aromatic carbocycles. The first-order chi connectivity index (χ1) is 12.2. The maximum Gasteiger partial charge on any atom is 0.222 e. The number of hydrogen-bond acceptors (Lipinski definition) is 4. The molecule has 0 spiro atoms. The molecule has 1 atom stereocenters. The van der Waals surface area contributed by atoms with Crippen molar-refractivity contribution in [3.8, 4) is 0 Å². The Hall–Kier alpha value is -0.850. The van der Waals surface area contributed by atoms with Gasteiger partial charge in [-0.15, -0.1) is 24.8 Å². The topological polar surface area (TPSA) is 58.8 Å². The normalized spacial score (nSPS) is 19.7. The summed E-state index contributed by atoms with van der Waals surface area (Å²) in [5.74, 6) is 0.259. The number of nitrogens with two attached hydrogens (primary N) is 1. The van der Waals surface area contributed by atoms with Crippen molar-refractivity contribution in [2.24, 2.45) is 5.73 Å². The predicted octanol–water partition coefficient (Wildman–Crippen LogP) is 2.50. The fourth-order valence-corrected chi connectivity index (χ4v) is 3.87. The van der Waals surface area contributed by atoms with Crippen molar-refractivity contribution in [1.82, 2.24) is 9.80 Å². The van der Waals surface area contributed by atoms with E-state index in [1.807, 2.05) is 23.1 Å². The number of halogens is 2. The highest BCUT2D eigenvalue weighted by molar-refractivity contribution is 5.85. The highest BCUT2D eigenvalue weighted by Gasteiger charge is 2.27. The van der Waals surface area contributed by atoms with Crippen LogP contribution in [0, 0.1) is 0 Å². The Labute approximate surface area is 175 Å². The van der Waals surface area contributed by atoms with Gasteiger partial charge in [-0.3, -0.25) is 9.69 Å². The number of carbonyl (C=O) groups excluding carboxylic acids is 1. The molecule has 5 nitrogen and oxygen atoms in total. The van der Waals surface area contributed by atoms with E-state index in [0.29, 0.717) is 12.5 Å². The van der Waals surface area contributed by atoms with Gasteiger partial charge >= 0.3 is 0 Å². The van der Waals surface area contributed by atoms with Gasteiger partial charge < -0.3 is 15.4 Å². The van der Waals surface area contributed by atoms with Gasteiger partial charge in [-0.05, 0) is 31.2 Å². The smallest absolute Gasteiger partial charge is 0.222 e. The number of hydrogen-bond donors (Lipinski definition) is 1. The zero-order valence-electron chi connectivity index (χ0n) is 15.9. The first-order valence-corrected chi connectivity index (χ1v) is 9.61. The summed E-state index contributed by atoms with van der Waals surface area (Å²) in [5.41, 5.74) is 7.46. The SMILES string of the molecule is Cl.Cl.N[C@@H](CCC(=O)N1CCN(C2CCOCC2)CC1)Cc1ccccc1. The fraction of sp³-hybridized carbons (Fsp3) is 0.650. The minimum Gasteiger partial charge on any atom is -0.381 e. The van der Waals surface area contributed by atoms with Crippen molar-refractivity contribution in [1.29, 1.82) is 0 Å². The number of ether oxygens (including phenoxy) is 1. The molecule has 0 aliphatic carbocycles. The average molecular weight is 418 g/mol. The van der Waals surface area contributed by atoms with Gasteiger partial charge in [0.15, 0.2) is 0 Å². The lowest BCUT2D eigenvalue weighted by Gasteiger charge is -2.40. The summed E-state index contributed by atoms with van der Waals surface area (Å²) in [4.78, 5) is 17.0. The van der Waals surface area contributed by atoms with Crippen molar-refractivity contribution in [2.45, 2.75) is 44.2 Å². The maximum atomic E-state index is 12.5. The molecule has 0 unspecified atom stereocenters. The van der Waals surface area contributed by atoms with Crippen molar-refractivity contribution >= 4 is 30.7 Å². The van der Waals surface area contributed by atoms with Crippen LogP contribution in [0.4, 0.5) is 0 Å². The fourth-order valence-electron chi connectivity index (χ4n) is 3.87. The molecule has 0 aromatic heterocycles. The standard InChI is InChI=1S/C20H31N3O2.2ClH/c21-18(16-17-4-2-1-3-5-17)6-7-20(24)23-12-10-22(11-13-23)19-8-14-25-15-9-19;;/h1-5,18-19H,6-16,21H2;2*1H/t18-;;/m0../s1. The van der Waals surface area contributed by atoms with Crippen LogP contribution >= 0.6 is 24.8 Å². The largest absolute Gasteiger partial charge is 0.381 e. The Morgan fingerprint density at radius 2 is 1.70 bits per heavy atom. The third kappa shape index (κ3) is 7.59. The van der Waals surface area contributed by atoms with E-state index in [4.69, 9.17) is 10.5 Å². The number of piperazine rings is 1. The number of benzene rings is 1. The van der Waals surface area contributed by atoms with Crippen LogP contribution in [0.2, 0.25) is 0 Å². The van der Waals surface area contributed by atoms with Gasteiger partial charge in [-0.25, -0.2) is 0 Å². The zero-order chi connectivity index (χ0) is 17.5. The monoisotopic (exact) mass is 417 g/mol. The molecule has 1 amide bonds. The van der Waals surface area contributed by atoms with E-state index in [9.17, 15) is 4.79 Å². The maximum absolute atomic E-state index is 12.5. The second kappa shape index (κ2) is 12.6. The first kappa shape index (κ1) is 24.2. The first-order valence-electron chi connectivity index (χ1n) is 9.61. The highest BCUT2D eigenvalue weighted by Crippen LogP contribution is 2.17. The van der Waals surface area contributed by atoms with Crippen LogP contribution in [0.15, 0.2) is 30.3 Å². The molecule has 0 bridgehead atoms. The van der Waals surface area contributed by atoms with Gasteiger partial charge in [-0.2, -0.15) is 0 Å². The number of rotatable bonds is 6. The Bertz CT molecular complexity index is 533. The van der Waals surface area contributed by atoms with Crippen molar-refractivity contribution in [3.05, 3.63) is 35.9 Å². The Kier molecular flexibility index (Phi) is 11.3. The summed E-state index contributed by atoms with van der Waals surface area (Å²) in [6.07, 6.45) is 4.41. The van der Waals surface area contributed by atoms with Crippen LogP contribution in [0.25, 0.3) is 0 Å². The van der Waals surface area contributed by atoms with E-state index in [1.54, 1.807) is 0 Å². The summed E-state index contributed by atoms with van der Waals surface area (Å²) in [6.45, 7) is 5.44. The van der Waals surface area contributed by atoms with E-state index in [0.717, 1.165) is 65.1 Å². The van der Waals surface area contributed by atoms with Gasteiger partial charge in [-0.1, -0.05) is 30.3 Å². The summed E-state index contributed by atoms with van der Waals surface area (Å²) in [6, 6.07) is 11.0. The second-order valence-electron chi connectivity index (χ2n) is 7.25. The van der Waals surface area contributed by atoms with Crippen molar-refractivity contribution in [2.75, 3.05) is 39.4 Å². The van der Waals surface area contributed by atoms with Crippen molar-refractivity contribution in [3.63, 3.8) is 0 Å². The van der Waals surface area contributed by atoms with Gasteiger partial charge in [0.2, 0.25) is 5.91 Å². The van der Waals surface area contributed by atoms with E-state index in [2.05, 4.69) is 17.0 Å². The lowest BCUT2D eigenvalue weighted by Crippen LogP contribution is -2.53. The van der Waals surface area contributed by atoms with E-state index < -0.39 is 0 Å². The van der Waals surface area contributed by atoms with Crippen molar-refractivity contribution < 1.29 is 9.53 Å². The average Bonchev–Trinajstić information content (AvgIpc) is 2.68. The van der Waals surface area contributed by atoms with E-state index in [1.165, 1.54) is 5.56 Å². The number of nitrogens with zero attached hydrogens (tertiary/aromatic N) is 2. The molecule has 2 saturated heterocycles. The van der Waals surface area contributed by atoms with Gasteiger partial charge in [0.1, 0.15) is 0 Å². The van der Waals surface area contributed by atoms with Gasteiger partial charge in [0.05, 0.1) is 0 Å². The van der Waals surface area contributed by atoms with Crippen LogP contribution < -0.4 is 5.73 Å². The summed E-state index contributed by atoms with van der Waals surface area (Å²) < 4.78 is 5.44. The lowest BCUT2D eigenvalue weighted by atomic mass is 10.0. The molecule has 2 fully saturated rings. The van der Waals surface area contributed by atoms with Gasteiger partial charge in [0.25, 0.3) is 0 Å². The third-order valence-corrected chi connectivity index (χ3v) is 5.44. The highest BCUT2D eigenvalue weighted by atomic mass is 35.5. The molecule has 3 rings (SSSR count). The molecule has 0 saturated carbocycles. The van der Waals surface area contributed by atoms with Crippen LogP contribution in [0.1, 0.15) is 31.2 Å². The Morgan fingerprint density at radius 1 is 1.07 bits per heavy atom. The Morgan fingerprint density at radius 3 is 2.33 bits per heavy atom. The van der Waals surface area contributed by atoms with Crippen LogP contribution in [0.3, 0.4) is 0 Å². The molecule has 154 valence electrons. The molecular formula is C20H33Cl2N3O2. The van der Waals surface area contributed by atoms with Crippen LogP contribution in [-0.2, 0) is 16.0 Å². The molecule has 2 aliphatic heterocycles. The third-order valence-electron chi connectivity index (χ3n) is 5.44. The van der Waals surface area contributed by atoms with Crippen LogP contribution in [-0.4, -0.2) is 67.2 Å². The predicted molar refractivity (Wildman–Crippen MR) is 114 cm³/mol. The number of amides is 1. The quantitative estimate of drug-likeness (QED) is 0.772. The van der Waals surface area contributed by atoms with E-state index in [-0.39, 0.29) is 36.8 Å². The van der Waals surface area contributed by atoms with Gasteiger partial charge in [0, 0.05) is 57.9 Å². The minimum absolute atomic E-state index is 0. The molecular weight excluding hydrogens is 385 g/mol. The number of carbonyl (C=O) groups is 1. The second-order valence-corrected chi connectivity index (χ2v) is 7.25. The lowest BCUT2D eigenvalue weighted by molar-refractivity contribution is -0.133. The molecule has 2 N–H and O–H groups in total. The Balaban J connectivity index is 0.00000182. The summed E-state index contributed by atoms with van der Waals surface area (Å²) in [5, 5.41) is 0. The van der Waals surface area contributed by atoms with Crippen LogP contribution in [0.5, 0.6) is 0 Å². The summed E-state index contributed by atoms with van der Waals surface area (Å²) >= 11 is 0. The zero-order valence-corrected chi connectivity index (χ0v) is 17.6. The minimum atomic E-state index is 0. The molecule has 1 aromatic rings. The molecule has 7 heteroatoms.